The Kier molecular flexibility index (Phi) is 4.86. The first-order valence-electron chi connectivity index (χ1n) is 9.81. The minimum absolute atomic E-state index is 0.0174. The highest BCUT2D eigenvalue weighted by molar-refractivity contribution is 5.88. The summed E-state index contributed by atoms with van der Waals surface area (Å²) in [7, 11) is 0. The van der Waals surface area contributed by atoms with Crippen LogP contribution in [0.15, 0.2) is 36.7 Å². The molecule has 0 aliphatic carbocycles. The molecule has 0 unspecified atom stereocenters. The van der Waals surface area contributed by atoms with Crippen molar-refractivity contribution in [1.29, 1.82) is 0 Å². The van der Waals surface area contributed by atoms with Gasteiger partial charge in [-0.25, -0.2) is 19.4 Å². The zero-order valence-electron chi connectivity index (χ0n) is 17.0. The number of rotatable bonds is 3. The largest absolute Gasteiger partial charge is 0.444 e. The SMILES string of the molecule is CC(C)(C)OC(=O)N1CC[C@H](n2nc(Cc3ccccc3)c3c(N)ncnc32)C1. The molecule has 1 aliphatic rings. The van der Waals surface area contributed by atoms with Crippen molar-refractivity contribution in [3.8, 4) is 0 Å². The average Bonchev–Trinajstić information content (AvgIpc) is 3.27. The second kappa shape index (κ2) is 7.35. The fourth-order valence-corrected chi connectivity index (χ4v) is 3.67. The molecule has 4 rings (SSSR count). The predicted molar refractivity (Wildman–Crippen MR) is 110 cm³/mol. The number of amides is 1. The van der Waals surface area contributed by atoms with E-state index < -0.39 is 5.60 Å². The van der Waals surface area contributed by atoms with Crippen LogP contribution in [0.3, 0.4) is 0 Å². The van der Waals surface area contributed by atoms with Crippen LogP contribution in [-0.4, -0.2) is 49.4 Å². The molecule has 1 saturated heterocycles. The number of aromatic nitrogens is 4. The number of fused-ring (bicyclic) bond motifs is 1. The van der Waals surface area contributed by atoms with Gasteiger partial charge in [-0.15, -0.1) is 0 Å². The summed E-state index contributed by atoms with van der Waals surface area (Å²) in [5.41, 5.74) is 8.36. The monoisotopic (exact) mass is 394 g/mol. The van der Waals surface area contributed by atoms with E-state index in [1.54, 1.807) is 4.90 Å². The van der Waals surface area contributed by atoms with Crippen LogP contribution in [0, 0.1) is 0 Å². The van der Waals surface area contributed by atoms with Crippen LogP contribution in [0.25, 0.3) is 11.0 Å². The molecule has 8 nitrogen and oxygen atoms in total. The van der Waals surface area contributed by atoms with Crippen LogP contribution < -0.4 is 5.73 Å². The molecule has 29 heavy (non-hydrogen) atoms. The number of ether oxygens (including phenoxy) is 1. The minimum Gasteiger partial charge on any atom is -0.444 e. The number of benzene rings is 1. The second-order valence-corrected chi connectivity index (χ2v) is 8.38. The molecule has 3 aromatic rings. The molecule has 1 aliphatic heterocycles. The fraction of sp³-hybridized carbons (Fsp3) is 0.429. The van der Waals surface area contributed by atoms with Crippen molar-refractivity contribution in [2.75, 3.05) is 18.8 Å². The highest BCUT2D eigenvalue weighted by atomic mass is 16.6. The number of nitrogens with zero attached hydrogens (tertiary/aromatic N) is 5. The lowest BCUT2D eigenvalue weighted by Gasteiger charge is -2.24. The van der Waals surface area contributed by atoms with Crippen LogP contribution in [0.5, 0.6) is 0 Å². The highest BCUT2D eigenvalue weighted by Gasteiger charge is 2.32. The van der Waals surface area contributed by atoms with Gasteiger partial charge in [-0.1, -0.05) is 30.3 Å². The van der Waals surface area contributed by atoms with Crippen LogP contribution in [-0.2, 0) is 11.2 Å². The lowest BCUT2D eigenvalue weighted by Crippen LogP contribution is -2.35. The quantitative estimate of drug-likeness (QED) is 0.732. The zero-order valence-corrected chi connectivity index (χ0v) is 17.0. The van der Waals surface area contributed by atoms with Gasteiger partial charge in [-0.2, -0.15) is 5.10 Å². The molecule has 152 valence electrons. The Hall–Kier alpha value is -3.16. The van der Waals surface area contributed by atoms with Crippen molar-refractivity contribution in [3.05, 3.63) is 47.9 Å². The summed E-state index contributed by atoms with van der Waals surface area (Å²) in [6, 6.07) is 10.1. The van der Waals surface area contributed by atoms with Gasteiger partial charge < -0.3 is 15.4 Å². The van der Waals surface area contributed by atoms with Crippen LogP contribution >= 0.6 is 0 Å². The normalized spacial score (nSPS) is 17.1. The van der Waals surface area contributed by atoms with E-state index in [-0.39, 0.29) is 12.1 Å². The van der Waals surface area contributed by atoms with E-state index in [9.17, 15) is 4.79 Å². The Labute approximate surface area is 169 Å². The third kappa shape index (κ3) is 4.01. The van der Waals surface area contributed by atoms with E-state index in [0.717, 1.165) is 23.1 Å². The molecule has 3 heterocycles. The van der Waals surface area contributed by atoms with Gasteiger partial charge in [0.2, 0.25) is 0 Å². The number of carbonyl (C=O) groups excluding carboxylic acids is 1. The third-order valence-electron chi connectivity index (χ3n) is 4.97. The standard InChI is InChI=1S/C21H26N6O2/c1-21(2,3)29-20(28)26-10-9-15(12-26)27-19-17(18(22)23-13-24-19)16(25-27)11-14-7-5-4-6-8-14/h4-8,13,15H,9-12H2,1-3H3,(H2,22,23,24)/t15-/m0/s1. The van der Waals surface area contributed by atoms with E-state index >= 15 is 0 Å². The molecule has 0 spiro atoms. The van der Waals surface area contributed by atoms with Crippen LogP contribution in [0.4, 0.5) is 10.6 Å². The van der Waals surface area contributed by atoms with Gasteiger partial charge in [0.15, 0.2) is 5.65 Å². The molecule has 8 heteroatoms. The van der Waals surface area contributed by atoms with E-state index in [1.807, 2.05) is 43.7 Å². The van der Waals surface area contributed by atoms with Crippen molar-refractivity contribution in [3.63, 3.8) is 0 Å². The van der Waals surface area contributed by atoms with E-state index in [4.69, 9.17) is 15.6 Å². The maximum Gasteiger partial charge on any atom is 0.410 e. The van der Waals surface area contributed by atoms with Crippen molar-refractivity contribution in [1.82, 2.24) is 24.6 Å². The van der Waals surface area contributed by atoms with Crippen molar-refractivity contribution < 1.29 is 9.53 Å². The Morgan fingerprint density at radius 3 is 2.72 bits per heavy atom. The maximum atomic E-state index is 12.4. The van der Waals surface area contributed by atoms with Crippen molar-refractivity contribution in [2.45, 2.75) is 45.3 Å². The lowest BCUT2D eigenvalue weighted by molar-refractivity contribution is 0.0288. The summed E-state index contributed by atoms with van der Waals surface area (Å²) in [6.45, 7) is 6.76. The third-order valence-corrected chi connectivity index (χ3v) is 4.97. The Morgan fingerprint density at radius 1 is 1.24 bits per heavy atom. The Bertz CT molecular complexity index is 1020. The van der Waals surface area contributed by atoms with Gasteiger partial charge in [-0.3, -0.25) is 0 Å². The number of hydrogen-bond donors (Lipinski definition) is 1. The molecule has 2 N–H and O–H groups in total. The molecule has 1 aromatic carbocycles. The van der Waals surface area contributed by atoms with Crippen LogP contribution in [0.1, 0.15) is 44.5 Å². The predicted octanol–water partition coefficient (Wildman–Crippen LogP) is 3.18. The first-order chi connectivity index (χ1) is 13.8. The fourth-order valence-electron chi connectivity index (χ4n) is 3.67. The lowest BCUT2D eigenvalue weighted by atomic mass is 10.1. The average molecular weight is 394 g/mol. The molecular weight excluding hydrogens is 368 g/mol. The summed E-state index contributed by atoms with van der Waals surface area (Å²) in [5.74, 6) is 0.425. The maximum absolute atomic E-state index is 12.4. The summed E-state index contributed by atoms with van der Waals surface area (Å²) < 4.78 is 7.41. The van der Waals surface area contributed by atoms with E-state index in [2.05, 4.69) is 22.1 Å². The van der Waals surface area contributed by atoms with Crippen molar-refractivity contribution >= 4 is 22.9 Å². The van der Waals surface area contributed by atoms with Gasteiger partial charge in [0, 0.05) is 19.5 Å². The molecule has 0 bridgehead atoms. The van der Waals surface area contributed by atoms with Gasteiger partial charge in [-0.05, 0) is 32.8 Å². The number of anilines is 1. The van der Waals surface area contributed by atoms with E-state index in [0.29, 0.717) is 31.0 Å². The molecular formula is C21H26N6O2. The number of nitrogens with two attached hydrogens (primary N) is 1. The van der Waals surface area contributed by atoms with Gasteiger partial charge in [0.1, 0.15) is 17.7 Å². The number of hydrogen-bond acceptors (Lipinski definition) is 6. The van der Waals surface area contributed by atoms with Crippen LogP contribution in [0.2, 0.25) is 0 Å². The number of nitrogen functional groups attached to an aromatic ring is 1. The number of likely N-dealkylation sites (tertiary alicyclic amines) is 1. The van der Waals surface area contributed by atoms with Gasteiger partial charge in [0.25, 0.3) is 0 Å². The molecule has 1 atom stereocenters. The Morgan fingerprint density at radius 2 is 2.00 bits per heavy atom. The summed E-state index contributed by atoms with van der Waals surface area (Å²) in [4.78, 5) is 22.8. The molecule has 1 fully saturated rings. The van der Waals surface area contributed by atoms with E-state index in [1.165, 1.54) is 6.33 Å². The molecule has 2 aromatic heterocycles. The first kappa shape index (κ1) is 19.2. The minimum atomic E-state index is -0.516. The molecule has 1 amide bonds. The topological polar surface area (TPSA) is 99.2 Å². The van der Waals surface area contributed by atoms with Crippen molar-refractivity contribution in [2.24, 2.45) is 0 Å². The summed E-state index contributed by atoms with van der Waals surface area (Å²) in [6.07, 6.45) is 2.59. The smallest absolute Gasteiger partial charge is 0.410 e. The zero-order chi connectivity index (χ0) is 20.6. The van der Waals surface area contributed by atoms with Gasteiger partial charge >= 0.3 is 6.09 Å². The second-order valence-electron chi connectivity index (χ2n) is 8.38. The first-order valence-corrected chi connectivity index (χ1v) is 9.81. The Balaban J connectivity index is 1.63. The van der Waals surface area contributed by atoms with Gasteiger partial charge in [0.05, 0.1) is 17.1 Å². The summed E-state index contributed by atoms with van der Waals surface area (Å²) >= 11 is 0. The molecule has 0 saturated carbocycles. The summed E-state index contributed by atoms with van der Waals surface area (Å²) in [5, 5.41) is 5.64. The number of carbonyl (C=O) groups is 1. The highest BCUT2D eigenvalue weighted by Crippen LogP contribution is 2.30. The molecule has 0 radical (unpaired) electrons.